The lowest BCUT2D eigenvalue weighted by Gasteiger charge is -2.10. The molecule has 26 heavy (non-hydrogen) atoms. The molecule has 0 radical (unpaired) electrons. The van der Waals surface area contributed by atoms with Crippen LogP contribution in [0, 0.1) is 6.92 Å². The Morgan fingerprint density at radius 3 is 2.38 bits per heavy atom. The van der Waals surface area contributed by atoms with E-state index in [9.17, 15) is 9.59 Å². The molecule has 7 heteroatoms. The number of benzene rings is 1. The van der Waals surface area contributed by atoms with Crippen LogP contribution in [-0.4, -0.2) is 28.3 Å². The van der Waals surface area contributed by atoms with E-state index in [0.717, 1.165) is 24.9 Å². The number of aryl methyl sites for hydroxylation is 1. The third-order valence-corrected chi connectivity index (χ3v) is 3.61. The van der Waals surface area contributed by atoms with Crippen LogP contribution in [0.1, 0.15) is 49.4 Å². The second kappa shape index (κ2) is 9.50. The van der Waals surface area contributed by atoms with E-state index in [2.05, 4.69) is 32.8 Å². The van der Waals surface area contributed by atoms with Crippen molar-refractivity contribution in [3.63, 3.8) is 0 Å². The standard InChI is InChI=1S/C19H25N5O2/c1-4-5-6-11-20-19(26)17-12-18(22-13(2)21-17)24-16-9-7-15(8-10-16)23-14(3)25/h7-10,12H,4-6,11H2,1-3H3,(H,20,26)(H,23,25)(H,21,22,24). The lowest BCUT2D eigenvalue weighted by Crippen LogP contribution is -2.25. The van der Waals surface area contributed by atoms with Crippen molar-refractivity contribution in [2.75, 3.05) is 17.2 Å². The Kier molecular flexibility index (Phi) is 7.08. The number of anilines is 3. The monoisotopic (exact) mass is 355 g/mol. The van der Waals surface area contributed by atoms with E-state index in [4.69, 9.17) is 0 Å². The molecule has 1 heterocycles. The van der Waals surface area contributed by atoms with Crippen molar-refractivity contribution in [2.24, 2.45) is 0 Å². The maximum atomic E-state index is 12.2. The molecule has 0 saturated carbocycles. The highest BCUT2D eigenvalue weighted by molar-refractivity contribution is 5.93. The number of hydrogen-bond acceptors (Lipinski definition) is 5. The molecule has 0 unspecified atom stereocenters. The Balaban J connectivity index is 2.04. The molecule has 3 N–H and O–H groups in total. The van der Waals surface area contributed by atoms with Crippen LogP contribution in [0.3, 0.4) is 0 Å². The maximum absolute atomic E-state index is 12.2. The molecule has 0 fully saturated rings. The molecule has 2 rings (SSSR count). The van der Waals surface area contributed by atoms with Gasteiger partial charge in [-0.15, -0.1) is 0 Å². The van der Waals surface area contributed by atoms with Gasteiger partial charge in [-0.3, -0.25) is 9.59 Å². The molecule has 2 amide bonds. The summed E-state index contributed by atoms with van der Waals surface area (Å²) in [6.07, 6.45) is 3.15. The van der Waals surface area contributed by atoms with E-state index in [1.54, 1.807) is 25.1 Å². The number of amides is 2. The minimum absolute atomic E-state index is 0.119. The molecule has 1 aromatic carbocycles. The summed E-state index contributed by atoms with van der Waals surface area (Å²) in [6, 6.07) is 8.86. The predicted octanol–water partition coefficient (Wildman–Crippen LogP) is 3.41. The molecule has 0 aliphatic heterocycles. The van der Waals surface area contributed by atoms with Gasteiger partial charge >= 0.3 is 0 Å². The smallest absolute Gasteiger partial charge is 0.270 e. The van der Waals surface area contributed by atoms with E-state index in [0.29, 0.717) is 29.6 Å². The van der Waals surface area contributed by atoms with Crippen molar-refractivity contribution < 1.29 is 9.59 Å². The van der Waals surface area contributed by atoms with Gasteiger partial charge < -0.3 is 16.0 Å². The van der Waals surface area contributed by atoms with Crippen LogP contribution in [0.25, 0.3) is 0 Å². The minimum atomic E-state index is -0.198. The van der Waals surface area contributed by atoms with Gasteiger partial charge in [0.1, 0.15) is 17.3 Å². The largest absolute Gasteiger partial charge is 0.351 e. The summed E-state index contributed by atoms with van der Waals surface area (Å²) in [5.74, 6) is 0.745. The Morgan fingerprint density at radius 1 is 1.04 bits per heavy atom. The topological polar surface area (TPSA) is 96.0 Å². The van der Waals surface area contributed by atoms with Crippen LogP contribution in [0.2, 0.25) is 0 Å². The number of carbonyl (C=O) groups excluding carboxylic acids is 2. The highest BCUT2D eigenvalue weighted by atomic mass is 16.2. The predicted molar refractivity (Wildman–Crippen MR) is 103 cm³/mol. The summed E-state index contributed by atoms with van der Waals surface area (Å²) in [7, 11) is 0. The van der Waals surface area contributed by atoms with Crippen LogP contribution in [0.4, 0.5) is 17.2 Å². The molecular formula is C19H25N5O2. The number of nitrogens with zero attached hydrogens (tertiary/aromatic N) is 2. The Labute approximate surface area is 153 Å². The number of carbonyl (C=O) groups is 2. The number of rotatable bonds is 8. The summed E-state index contributed by atoms with van der Waals surface area (Å²) in [5.41, 5.74) is 1.85. The van der Waals surface area contributed by atoms with Gasteiger partial charge in [0.15, 0.2) is 0 Å². The molecule has 0 spiro atoms. The summed E-state index contributed by atoms with van der Waals surface area (Å²) in [4.78, 5) is 31.8. The van der Waals surface area contributed by atoms with Gasteiger partial charge in [0, 0.05) is 30.9 Å². The average Bonchev–Trinajstić information content (AvgIpc) is 2.59. The van der Waals surface area contributed by atoms with Gasteiger partial charge in [-0.05, 0) is 37.6 Å². The van der Waals surface area contributed by atoms with Crippen LogP contribution in [-0.2, 0) is 4.79 Å². The zero-order valence-electron chi connectivity index (χ0n) is 15.4. The van der Waals surface area contributed by atoms with Gasteiger partial charge in [0.05, 0.1) is 0 Å². The fraction of sp³-hybridized carbons (Fsp3) is 0.368. The van der Waals surface area contributed by atoms with Gasteiger partial charge in [0.25, 0.3) is 5.91 Å². The third kappa shape index (κ3) is 6.16. The number of hydrogen-bond donors (Lipinski definition) is 3. The molecule has 0 saturated heterocycles. The Hall–Kier alpha value is -2.96. The van der Waals surface area contributed by atoms with E-state index >= 15 is 0 Å². The quantitative estimate of drug-likeness (QED) is 0.631. The molecular weight excluding hydrogens is 330 g/mol. The second-order valence-corrected chi connectivity index (χ2v) is 6.03. The maximum Gasteiger partial charge on any atom is 0.270 e. The van der Waals surface area contributed by atoms with Gasteiger partial charge in [-0.1, -0.05) is 19.8 Å². The van der Waals surface area contributed by atoms with E-state index < -0.39 is 0 Å². The van der Waals surface area contributed by atoms with Crippen molar-refractivity contribution in [2.45, 2.75) is 40.0 Å². The van der Waals surface area contributed by atoms with Crippen LogP contribution in [0.15, 0.2) is 30.3 Å². The molecule has 0 aliphatic rings. The van der Waals surface area contributed by atoms with Crippen molar-refractivity contribution in [1.29, 1.82) is 0 Å². The number of nitrogens with one attached hydrogen (secondary N) is 3. The molecule has 138 valence electrons. The molecule has 7 nitrogen and oxygen atoms in total. The SMILES string of the molecule is CCCCCNC(=O)c1cc(Nc2ccc(NC(C)=O)cc2)nc(C)n1. The third-order valence-electron chi connectivity index (χ3n) is 3.61. The zero-order valence-corrected chi connectivity index (χ0v) is 15.4. The van der Waals surface area contributed by atoms with Crippen molar-refractivity contribution >= 4 is 29.0 Å². The highest BCUT2D eigenvalue weighted by Crippen LogP contribution is 2.18. The molecule has 0 atom stereocenters. The minimum Gasteiger partial charge on any atom is -0.351 e. The highest BCUT2D eigenvalue weighted by Gasteiger charge is 2.10. The van der Waals surface area contributed by atoms with Crippen LogP contribution < -0.4 is 16.0 Å². The lowest BCUT2D eigenvalue weighted by molar-refractivity contribution is -0.114. The summed E-state index contributed by atoms with van der Waals surface area (Å²) < 4.78 is 0. The van der Waals surface area contributed by atoms with Gasteiger partial charge in [0.2, 0.25) is 5.91 Å². The van der Waals surface area contributed by atoms with Gasteiger partial charge in [-0.25, -0.2) is 9.97 Å². The summed E-state index contributed by atoms with van der Waals surface area (Å²) in [5, 5.41) is 8.75. The number of unbranched alkanes of at least 4 members (excludes halogenated alkanes) is 2. The normalized spacial score (nSPS) is 10.3. The van der Waals surface area contributed by atoms with Gasteiger partial charge in [-0.2, -0.15) is 0 Å². The van der Waals surface area contributed by atoms with Crippen LogP contribution in [0.5, 0.6) is 0 Å². The average molecular weight is 355 g/mol. The Bertz CT molecular complexity index is 759. The van der Waals surface area contributed by atoms with Crippen molar-refractivity contribution in [1.82, 2.24) is 15.3 Å². The number of aromatic nitrogens is 2. The van der Waals surface area contributed by atoms with E-state index in [-0.39, 0.29) is 11.8 Å². The molecule has 0 bridgehead atoms. The second-order valence-electron chi connectivity index (χ2n) is 6.03. The first kappa shape index (κ1) is 19.4. The first-order valence-electron chi connectivity index (χ1n) is 8.76. The first-order valence-corrected chi connectivity index (χ1v) is 8.76. The van der Waals surface area contributed by atoms with Crippen molar-refractivity contribution in [3.8, 4) is 0 Å². The fourth-order valence-corrected chi connectivity index (χ4v) is 2.40. The molecule has 0 aliphatic carbocycles. The summed E-state index contributed by atoms with van der Waals surface area (Å²) >= 11 is 0. The lowest BCUT2D eigenvalue weighted by atomic mass is 10.2. The van der Waals surface area contributed by atoms with Crippen molar-refractivity contribution in [3.05, 3.63) is 41.9 Å². The fourth-order valence-electron chi connectivity index (χ4n) is 2.40. The van der Waals surface area contributed by atoms with E-state index in [1.165, 1.54) is 6.92 Å². The zero-order chi connectivity index (χ0) is 18.9. The molecule has 1 aromatic heterocycles. The van der Waals surface area contributed by atoms with Crippen LogP contribution >= 0.6 is 0 Å². The Morgan fingerprint density at radius 2 is 1.73 bits per heavy atom. The first-order chi connectivity index (χ1) is 12.5. The van der Waals surface area contributed by atoms with E-state index in [1.807, 2.05) is 12.1 Å². The summed E-state index contributed by atoms with van der Waals surface area (Å²) in [6.45, 7) is 5.98. The molecule has 2 aromatic rings.